The summed E-state index contributed by atoms with van der Waals surface area (Å²) < 4.78 is 0. The maximum atomic E-state index is 4.97. The third-order valence-electron chi connectivity index (χ3n) is 0. The predicted octanol–water partition coefficient (Wildman–Crippen LogP) is 1.31. The fourth-order valence-corrected chi connectivity index (χ4v) is 0. The molecule has 0 aromatic heterocycles. The summed E-state index contributed by atoms with van der Waals surface area (Å²) in [7, 11) is 14.9. The molecule has 2 radical (unpaired) electrons. The molecule has 0 aliphatic rings. The minimum absolute atomic E-state index is 0. The van der Waals surface area contributed by atoms with Crippen LogP contribution in [0.15, 0.2) is 0 Å². The predicted molar refractivity (Wildman–Crippen MR) is 29.1 cm³/mol. The van der Waals surface area contributed by atoms with Gasteiger partial charge in [0.1, 0.15) is 0 Å². The fraction of sp³-hybridized carbons (Fsp3) is 0. The Morgan fingerprint density at radius 3 is 1.00 bits per heavy atom. The van der Waals surface area contributed by atoms with Crippen molar-refractivity contribution in [1.29, 1.82) is 0 Å². The molecule has 0 bridgehead atoms. The van der Waals surface area contributed by atoms with Crippen molar-refractivity contribution in [3.05, 3.63) is 0 Å². The summed E-state index contributed by atoms with van der Waals surface area (Å²) in [6.45, 7) is 0. The van der Waals surface area contributed by atoms with Crippen LogP contribution in [-0.2, 0) is 0 Å². The van der Waals surface area contributed by atoms with Gasteiger partial charge in [0.2, 0.25) is 0 Å². The van der Waals surface area contributed by atoms with Crippen LogP contribution in [0.25, 0.3) is 0 Å². The van der Waals surface area contributed by atoms with E-state index in [2.05, 4.69) is 0 Å². The van der Waals surface area contributed by atoms with Crippen LogP contribution < -0.4 is 0 Å². The van der Waals surface area contributed by atoms with Gasteiger partial charge < -0.3 is 0 Å². The fourth-order valence-electron chi connectivity index (χ4n) is 0. The Hall–Kier alpha value is 3.46. The van der Waals surface area contributed by atoms with Crippen molar-refractivity contribution in [3.63, 3.8) is 0 Å². The van der Waals surface area contributed by atoms with Gasteiger partial charge in [-0.05, 0) is 0 Å². The maximum Gasteiger partial charge on any atom is 0 e. The molecule has 0 rings (SSSR count). The van der Waals surface area contributed by atoms with Crippen LogP contribution >= 0.6 is 30.0 Å². The molecule has 0 nitrogen and oxygen atoms in total. The Bertz CT molecular complexity index is 11.6. The zero-order chi connectivity index (χ0) is 3.58. The van der Waals surface area contributed by atoms with Gasteiger partial charge in [0, 0.05) is 68.9 Å². The van der Waals surface area contributed by atoms with E-state index < -0.39 is 11.6 Å². The molecule has 0 aliphatic heterocycles. The Labute approximate surface area is 107 Å². The molecule has 5 heteroatoms. The molecule has 0 amide bonds. The zero-order valence-electron chi connectivity index (χ0n) is 2.63. The van der Waals surface area contributed by atoms with Crippen LogP contribution in [-0.4, -0.2) is 80.5 Å². The van der Waals surface area contributed by atoms with Gasteiger partial charge in [-0.15, -0.1) is 0 Å². The summed E-state index contributed by atoms with van der Waals surface area (Å²) in [5, 5.41) is 0. The van der Waals surface area contributed by atoms with Crippen molar-refractivity contribution in [2.24, 2.45) is 0 Å². The average molecular weight is 312 g/mol. The van der Waals surface area contributed by atoms with E-state index in [4.69, 9.17) is 30.0 Å². The zero-order valence-corrected chi connectivity index (χ0v) is 13.3. The maximum absolute atomic E-state index is 4.97. The first-order valence-corrected chi connectivity index (χ1v) is 8.84. The van der Waals surface area contributed by atoms with Gasteiger partial charge in [0.25, 0.3) is 0 Å². The summed E-state index contributed by atoms with van der Waals surface area (Å²) in [5.74, 6) is 0. The average Bonchev–Trinajstić information content (AvgIpc) is 0.811. The molecular weight excluding hydrogens is 312 g/mol. The smallest absolute Gasteiger partial charge is 0 e. The van der Waals surface area contributed by atoms with E-state index in [1.165, 1.54) is 0 Å². The molecule has 26 valence electrons. The van der Waals surface area contributed by atoms with E-state index >= 15 is 0 Å². The minimum atomic E-state index is -1.92. The van der Waals surface area contributed by atoms with Gasteiger partial charge in [-0.3, -0.25) is 0 Å². The van der Waals surface area contributed by atoms with Crippen LogP contribution in [0, 0.1) is 0 Å². The molecule has 0 saturated heterocycles. The van der Waals surface area contributed by atoms with Crippen LogP contribution in [0.5, 0.6) is 0 Å². The van der Waals surface area contributed by atoms with Gasteiger partial charge in [0.05, 0.1) is 0 Å². The molecule has 0 unspecified atom stereocenters. The van der Waals surface area contributed by atoms with Gasteiger partial charge in [0.15, 0.2) is 0 Å². The molecule has 0 fully saturated rings. The molecule has 0 aliphatic carbocycles. The SMILES string of the molecule is [Cl][Ge]([Cl])[Cl].[Cs]. The molecule has 5 heavy (non-hydrogen) atoms. The summed E-state index contributed by atoms with van der Waals surface area (Å²) in [5.41, 5.74) is 0. The first-order chi connectivity index (χ1) is 1.73. The van der Waals surface area contributed by atoms with Gasteiger partial charge in [-0.1, -0.05) is 0 Å². The van der Waals surface area contributed by atoms with Crippen molar-refractivity contribution in [2.45, 2.75) is 0 Å². The van der Waals surface area contributed by atoms with Crippen molar-refractivity contribution >= 4 is 110 Å². The van der Waals surface area contributed by atoms with Gasteiger partial charge in [-0.2, -0.15) is 0 Å². The number of hydrogen-bond donors (Lipinski definition) is 0. The van der Waals surface area contributed by atoms with Crippen LogP contribution in [0.2, 0.25) is 0 Å². The van der Waals surface area contributed by atoms with Crippen molar-refractivity contribution in [3.8, 4) is 0 Å². The monoisotopic (exact) mass is 312 g/mol. The Balaban J connectivity index is 0. The Morgan fingerprint density at radius 2 is 1.00 bits per heavy atom. The topological polar surface area (TPSA) is 0 Å². The van der Waals surface area contributed by atoms with E-state index in [1.54, 1.807) is 0 Å². The van der Waals surface area contributed by atoms with E-state index in [0.717, 1.165) is 0 Å². The van der Waals surface area contributed by atoms with Gasteiger partial charge in [-0.25, -0.2) is 0 Å². The van der Waals surface area contributed by atoms with Gasteiger partial charge >= 0.3 is 41.6 Å². The van der Waals surface area contributed by atoms with Crippen LogP contribution in [0.3, 0.4) is 0 Å². The normalized spacial score (nSPS) is 7.20. The largest absolute Gasteiger partial charge is 0 e. The summed E-state index contributed by atoms with van der Waals surface area (Å²) in [6.07, 6.45) is 0. The summed E-state index contributed by atoms with van der Waals surface area (Å²) in [6, 6.07) is 0. The van der Waals surface area contributed by atoms with Crippen molar-refractivity contribution in [2.75, 3.05) is 0 Å². The second-order valence-electron chi connectivity index (χ2n) is 0.214. The molecule has 0 spiro atoms. The van der Waals surface area contributed by atoms with E-state index in [1.807, 2.05) is 0 Å². The third kappa shape index (κ3) is 18.6. The molecule has 0 aromatic carbocycles. The minimum Gasteiger partial charge on any atom is 0 e. The first-order valence-electron chi connectivity index (χ1n) is 0.567. The second-order valence-corrected chi connectivity index (χ2v) is 10.0. The summed E-state index contributed by atoms with van der Waals surface area (Å²) in [4.78, 5) is 0. The number of rotatable bonds is 0. The Kier molecular flexibility index (Phi) is 16.8. The van der Waals surface area contributed by atoms with E-state index in [-0.39, 0.29) is 68.9 Å². The quantitative estimate of drug-likeness (QED) is 0.592. The van der Waals surface area contributed by atoms with Crippen LogP contribution in [0.1, 0.15) is 0 Å². The molecule has 0 aromatic rings. The van der Waals surface area contributed by atoms with E-state index in [0.29, 0.717) is 0 Å². The van der Waals surface area contributed by atoms with Crippen LogP contribution in [0.4, 0.5) is 0 Å². The third-order valence-corrected chi connectivity index (χ3v) is 0. The Morgan fingerprint density at radius 1 is 1.00 bits per heavy atom. The number of hydrogen-bond acceptors (Lipinski definition) is 0. The molecule has 0 heterocycles. The molecule has 0 N–H and O–H groups in total. The number of halogens is 3. The van der Waals surface area contributed by atoms with Crippen molar-refractivity contribution < 1.29 is 0 Å². The second kappa shape index (κ2) is 7.46. The van der Waals surface area contributed by atoms with E-state index in [9.17, 15) is 0 Å². The standard InChI is InChI=1S/Cl3Ge.Cs/c1-4(2)3;. The van der Waals surface area contributed by atoms with Crippen molar-refractivity contribution in [1.82, 2.24) is 0 Å². The summed E-state index contributed by atoms with van der Waals surface area (Å²) >= 11 is -1.92. The molecule has 0 atom stereocenters. The molecule has 0 saturated carbocycles. The first kappa shape index (κ1) is 11.3. The molecular formula is Cl3CsGe.